The van der Waals surface area contributed by atoms with Crippen molar-refractivity contribution in [2.75, 3.05) is 17.1 Å². The first-order chi connectivity index (χ1) is 17.0. The van der Waals surface area contributed by atoms with Gasteiger partial charge in [0.05, 0.1) is 11.9 Å². The van der Waals surface area contributed by atoms with Crippen LogP contribution >= 0.6 is 0 Å². The predicted octanol–water partition coefficient (Wildman–Crippen LogP) is 4.23. The second kappa shape index (κ2) is 13.3. The minimum atomic E-state index is -3.67. The molecule has 2 atom stereocenters. The van der Waals surface area contributed by atoms with E-state index >= 15 is 0 Å². The van der Waals surface area contributed by atoms with E-state index in [9.17, 15) is 26.8 Å². The van der Waals surface area contributed by atoms with Crippen molar-refractivity contribution < 1.29 is 26.8 Å². The van der Waals surface area contributed by atoms with Gasteiger partial charge in [0.25, 0.3) is 0 Å². The molecule has 0 aliphatic rings. The molecule has 0 bridgehead atoms. The van der Waals surface area contributed by atoms with Gasteiger partial charge in [-0.05, 0) is 68.1 Å². The van der Waals surface area contributed by atoms with Crippen molar-refractivity contribution >= 4 is 27.5 Å². The van der Waals surface area contributed by atoms with Gasteiger partial charge in [-0.3, -0.25) is 13.9 Å². The SMILES string of the molecule is CC[C@H](C)NC(=O)[C@H](CC)N(Cc1ccc(F)cc1)C(=O)CCCN(c1ccc(F)cc1)S(C)(=O)=O. The fourth-order valence-corrected chi connectivity index (χ4v) is 4.72. The van der Waals surface area contributed by atoms with Crippen molar-refractivity contribution in [1.82, 2.24) is 10.2 Å². The monoisotopic (exact) mass is 523 g/mol. The molecule has 2 aromatic rings. The summed E-state index contributed by atoms with van der Waals surface area (Å²) >= 11 is 0. The van der Waals surface area contributed by atoms with Crippen LogP contribution in [0.2, 0.25) is 0 Å². The molecule has 0 fully saturated rings. The Morgan fingerprint density at radius 1 is 0.944 bits per heavy atom. The van der Waals surface area contributed by atoms with E-state index in [0.717, 1.165) is 17.0 Å². The quantitative estimate of drug-likeness (QED) is 0.426. The average molecular weight is 524 g/mol. The topological polar surface area (TPSA) is 86.8 Å². The Balaban J connectivity index is 2.21. The summed E-state index contributed by atoms with van der Waals surface area (Å²) in [6.45, 7) is 5.76. The number of carbonyl (C=O) groups excluding carboxylic acids is 2. The second-order valence-electron chi connectivity index (χ2n) is 8.81. The van der Waals surface area contributed by atoms with Crippen molar-refractivity contribution in [3.05, 3.63) is 65.7 Å². The normalized spacial score (nSPS) is 13.1. The molecular formula is C26H35F2N3O4S. The smallest absolute Gasteiger partial charge is 0.243 e. The van der Waals surface area contributed by atoms with Crippen LogP contribution in [0.5, 0.6) is 0 Å². The first-order valence-electron chi connectivity index (χ1n) is 12.0. The van der Waals surface area contributed by atoms with Gasteiger partial charge < -0.3 is 10.2 Å². The van der Waals surface area contributed by atoms with Crippen LogP contribution in [0, 0.1) is 11.6 Å². The number of anilines is 1. The number of amides is 2. The minimum absolute atomic E-state index is 0.0104. The number of nitrogens with zero attached hydrogens (tertiary/aromatic N) is 2. The first kappa shape index (κ1) is 29.2. The Morgan fingerprint density at radius 2 is 1.50 bits per heavy atom. The highest BCUT2D eigenvalue weighted by molar-refractivity contribution is 7.92. The molecule has 2 amide bonds. The first-order valence-corrected chi connectivity index (χ1v) is 13.9. The van der Waals surface area contributed by atoms with Gasteiger partial charge in [-0.1, -0.05) is 26.0 Å². The lowest BCUT2D eigenvalue weighted by molar-refractivity contribution is -0.141. The van der Waals surface area contributed by atoms with Gasteiger partial charge >= 0.3 is 0 Å². The lowest BCUT2D eigenvalue weighted by Gasteiger charge is -2.32. The molecule has 0 aliphatic carbocycles. The Kier molecular flexibility index (Phi) is 10.8. The zero-order chi connectivity index (χ0) is 26.9. The summed E-state index contributed by atoms with van der Waals surface area (Å²) < 4.78 is 52.5. The molecule has 36 heavy (non-hydrogen) atoms. The summed E-state index contributed by atoms with van der Waals surface area (Å²) in [5, 5.41) is 2.92. The van der Waals surface area contributed by atoms with Crippen molar-refractivity contribution in [2.45, 2.75) is 65.1 Å². The molecule has 0 aromatic heterocycles. The van der Waals surface area contributed by atoms with Crippen molar-refractivity contribution in [3.63, 3.8) is 0 Å². The van der Waals surface area contributed by atoms with Crippen LogP contribution in [0.25, 0.3) is 0 Å². The molecule has 0 heterocycles. The maximum absolute atomic E-state index is 13.4. The largest absolute Gasteiger partial charge is 0.352 e. The van der Waals surface area contributed by atoms with Gasteiger partial charge in [0.2, 0.25) is 21.8 Å². The number of rotatable bonds is 13. The average Bonchev–Trinajstić information content (AvgIpc) is 2.82. The lowest BCUT2D eigenvalue weighted by atomic mass is 10.1. The van der Waals surface area contributed by atoms with E-state index in [2.05, 4.69) is 5.32 Å². The van der Waals surface area contributed by atoms with Crippen LogP contribution in [-0.4, -0.2) is 50.0 Å². The Morgan fingerprint density at radius 3 is 2.00 bits per heavy atom. The molecule has 0 saturated carbocycles. The summed E-state index contributed by atoms with van der Waals surface area (Å²) in [6, 6.07) is 10.00. The molecule has 0 unspecified atom stereocenters. The molecule has 0 saturated heterocycles. The summed E-state index contributed by atoms with van der Waals surface area (Å²) in [4.78, 5) is 27.8. The second-order valence-corrected chi connectivity index (χ2v) is 10.7. The molecule has 2 rings (SSSR count). The van der Waals surface area contributed by atoms with Gasteiger partial charge in [-0.2, -0.15) is 0 Å². The molecule has 2 aromatic carbocycles. The maximum atomic E-state index is 13.4. The standard InChI is InChI=1S/C26H35F2N3O4S/c1-5-19(3)29-26(33)24(6-2)30(18-20-9-11-21(27)12-10-20)25(32)8-7-17-31(36(4,34)35)23-15-13-22(28)14-16-23/h9-16,19,24H,5-8,17-18H2,1-4H3,(H,29,33)/t19-,24-/m0/s1. The van der Waals surface area contributed by atoms with Crippen molar-refractivity contribution in [1.29, 1.82) is 0 Å². The van der Waals surface area contributed by atoms with E-state index in [1.807, 2.05) is 20.8 Å². The fraction of sp³-hybridized carbons (Fsp3) is 0.462. The Bertz CT molecular complexity index is 1110. The van der Waals surface area contributed by atoms with E-state index < -0.39 is 27.7 Å². The zero-order valence-corrected chi connectivity index (χ0v) is 22.0. The molecule has 0 aliphatic heterocycles. The fourth-order valence-electron chi connectivity index (χ4n) is 3.76. The number of benzene rings is 2. The maximum Gasteiger partial charge on any atom is 0.243 e. The third kappa shape index (κ3) is 8.58. The highest BCUT2D eigenvalue weighted by atomic mass is 32.2. The van der Waals surface area contributed by atoms with Crippen LogP contribution in [0.4, 0.5) is 14.5 Å². The van der Waals surface area contributed by atoms with Crippen LogP contribution in [0.3, 0.4) is 0 Å². The Hall–Kier alpha value is -3.01. The molecule has 0 radical (unpaired) electrons. The van der Waals surface area contributed by atoms with Gasteiger partial charge in [0.15, 0.2) is 0 Å². The molecular weight excluding hydrogens is 488 g/mol. The number of hydrogen-bond acceptors (Lipinski definition) is 4. The van der Waals surface area contributed by atoms with Gasteiger partial charge in [-0.15, -0.1) is 0 Å². The molecule has 0 spiro atoms. The van der Waals surface area contributed by atoms with Crippen LogP contribution < -0.4 is 9.62 Å². The van der Waals surface area contributed by atoms with Gasteiger partial charge in [0.1, 0.15) is 17.7 Å². The summed E-state index contributed by atoms with van der Waals surface area (Å²) in [6.07, 6.45) is 2.33. The van der Waals surface area contributed by atoms with Crippen LogP contribution in [0.1, 0.15) is 52.0 Å². The van der Waals surface area contributed by atoms with Crippen LogP contribution in [-0.2, 0) is 26.2 Å². The minimum Gasteiger partial charge on any atom is -0.352 e. The van der Waals surface area contributed by atoms with Crippen LogP contribution in [0.15, 0.2) is 48.5 Å². The molecule has 7 nitrogen and oxygen atoms in total. The number of halogens is 2. The highest BCUT2D eigenvalue weighted by Crippen LogP contribution is 2.20. The predicted molar refractivity (Wildman–Crippen MR) is 137 cm³/mol. The third-order valence-corrected chi connectivity index (χ3v) is 7.11. The third-order valence-electron chi connectivity index (χ3n) is 5.92. The van der Waals surface area contributed by atoms with Crippen molar-refractivity contribution in [2.24, 2.45) is 0 Å². The highest BCUT2D eigenvalue weighted by Gasteiger charge is 2.29. The number of carbonyl (C=O) groups is 2. The van der Waals surface area contributed by atoms with E-state index in [4.69, 9.17) is 0 Å². The number of hydrogen-bond donors (Lipinski definition) is 1. The lowest BCUT2D eigenvalue weighted by Crippen LogP contribution is -2.50. The van der Waals surface area contributed by atoms with Crippen molar-refractivity contribution in [3.8, 4) is 0 Å². The number of sulfonamides is 1. The van der Waals surface area contributed by atoms with E-state index in [-0.39, 0.29) is 43.8 Å². The zero-order valence-electron chi connectivity index (χ0n) is 21.2. The molecule has 10 heteroatoms. The Labute approximate surface area is 212 Å². The number of nitrogens with one attached hydrogen (secondary N) is 1. The van der Waals surface area contributed by atoms with E-state index in [1.165, 1.54) is 41.3 Å². The summed E-state index contributed by atoms with van der Waals surface area (Å²) in [5.74, 6) is -1.48. The summed E-state index contributed by atoms with van der Waals surface area (Å²) in [5.41, 5.74) is 0.970. The van der Waals surface area contributed by atoms with Gasteiger partial charge in [-0.25, -0.2) is 17.2 Å². The van der Waals surface area contributed by atoms with E-state index in [0.29, 0.717) is 17.7 Å². The summed E-state index contributed by atoms with van der Waals surface area (Å²) in [7, 11) is -3.67. The molecule has 1 N–H and O–H groups in total. The molecule has 198 valence electrons. The van der Waals surface area contributed by atoms with Gasteiger partial charge in [0, 0.05) is 25.6 Å². The van der Waals surface area contributed by atoms with E-state index in [1.54, 1.807) is 12.1 Å².